The molecular weight excluding hydrogens is 382 g/mol. The monoisotopic (exact) mass is 385 g/mol. The van der Waals surface area contributed by atoms with E-state index in [0.717, 1.165) is 25.1 Å². The average molecular weight is 387 g/mol. The molecule has 3 aromatic rings. The van der Waals surface area contributed by atoms with Gasteiger partial charge in [-0.15, -0.1) is 10.2 Å². The van der Waals surface area contributed by atoms with Gasteiger partial charge in [0.25, 0.3) is 0 Å². The van der Waals surface area contributed by atoms with E-state index in [1.807, 2.05) is 12.1 Å². The van der Waals surface area contributed by atoms with Crippen LogP contribution < -0.4 is 5.32 Å². The van der Waals surface area contributed by atoms with E-state index >= 15 is 0 Å². The van der Waals surface area contributed by atoms with Crippen molar-refractivity contribution in [2.75, 3.05) is 5.32 Å². The number of hydrogen-bond acceptors (Lipinski definition) is 6. The fraction of sp³-hybridized carbons (Fsp3) is 0. The molecule has 90 valence electrons. The summed E-state index contributed by atoms with van der Waals surface area (Å²) >= 11 is 8.22. The number of halogens is 2. The van der Waals surface area contributed by atoms with Crippen LogP contribution in [0.15, 0.2) is 32.9 Å². The van der Waals surface area contributed by atoms with Gasteiger partial charge in [0.05, 0.1) is 15.7 Å². The Morgan fingerprint density at radius 3 is 2.67 bits per heavy atom. The molecule has 2 heterocycles. The summed E-state index contributed by atoms with van der Waals surface area (Å²) < 4.78 is 1.60. The van der Waals surface area contributed by atoms with Gasteiger partial charge < -0.3 is 5.32 Å². The van der Waals surface area contributed by atoms with E-state index in [4.69, 9.17) is 0 Å². The smallest absolute Gasteiger partial charge is 0.210 e. The molecule has 18 heavy (non-hydrogen) atoms. The van der Waals surface area contributed by atoms with Crippen molar-refractivity contribution in [2.24, 2.45) is 0 Å². The first-order chi connectivity index (χ1) is 8.74. The van der Waals surface area contributed by atoms with Gasteiger partial charge in [0.2, 0.25) is 5.13 Å². The lowest BCUT2D eigenvalue weighted by molar-refractivity contribution is 1.07. The van der Waals surface area contributed by atoms with E-state index < -0.39 is 0 Å². The van der Waals surface area contributed by atoms with Gasteiger partial charge >= 0.3 is 0 Å². The van der Waals surface area contributed by atoms with Crippen molar-refractivity contribution in [1.29, 1.82) is 0 Å². The van der Waals surface area contributed by atoms with Gasteiger partial charge in [-0.3, -0.25) is 9.97 Å². The van der Waals surface area contributed by atoms with Crippen LogP contribution in [0.2, 0.25) is 0 Å². The number of anilines is 2. The van der Waals surface area contributed by atoms with Crippen LogP contribution in [-0.2, 0) is 0 Å². The summed E-state index contributed by atoms with van der Waals surface area (Å²) in [5, 5.41) is 11.8. The molecule has 1 N–H and O–H groups in total. The lowest BCUT2D eigenvalue weighted by Crippen LogP contribution is -1.93. The normalized spacial score (nSPS) is 10.8. The largest absolute Gasteiger partial charge is 0.329 e. The number of aromatic nitrogens is 4. The average Bonchev–Trinajstić information content (AvgIpc) is 2.79. The summed E-state index contributed by atoms with van der Waals surface area (Å²) in [6, 6.07) is 3.84. The third kappa shape index (κ3) is 2.23. The third-order valence-electron chi connectivity index (χ3n) is 2.22. The standard InChI is InChI=1S/C10H5Br2N5S/c11-7-5(15-10-17-16-9(12)18-10)1-2-6-8(7)14-4-3-13-6/h1-4H,(H,15,17). The summed E-state index contributed by atoms with van der Waals surface area (Å²) in [6.07, 6.45) is 3.34. The zero-order valence-electron chi connectivity index (χ0n) is 8.76. The van der Waals surface area contributed by atoms with Crippen molar-refractivity contribution < 1.29 is 0 Å². The fourth-order valence-electron chi connectivity index (χ4n) is 1.47. The van der Waals surface area contributed by atoms with Gasteiger partial charge in [0.15, 0.2) is 3.92 Å². The van der Waals surface area contributed by atoms with Crippen LogP contribution in [0, 0.1) is 0 Å². The summed E-state index contributed by atoms with van der Waals surface area (Å²) in [5.41, 5.74) is 2.53. The Balaban J connectivity index is 2.04. The molecule has 0 unspecified atom stereocenters. The lowest BCUT2D eigenvalue weighted by Gasteiger charge is -2.06. The van der Waals surface area contributed by atoms with E-state index in [-0.39, 0.29) is 0 Å². The maximum atomic E-state index is 4.30. The molecule has 0 spiro atoms. The second-order valence-corrected chi connectivity index (χ2v) is 6.38. The zero-order valence-corrected chi connectivity index (χ0v) is 12.8. The molecule has 2 aromatic heterocycles. The Kier molecular flexibility index (Phi) is 3.23. The highest BCUT2D eigenvalue weighted by atomic mass is 79.9. The van der Waals surface area contributed by atoms with Gasteiger partial charge in [-0.2, -0.15) is 0 Å². The minimum absolute atomic E-state index is 0.714. The van der Waals surface area contributed by atoms with Crippen molar-refractivity contribution in [1.82, 2.24) is 20.2 Å². The number of benzene rings is 1. The molecule has 1 aromatic carbocycles. The van der Waals surface area contributed by atoms with E-state index in [1.54, 1.807) is 12.4 Å². The number of rotatable bonds is 2. The third-order valence-corrected chi connectivity index (χ3v) is 4.29. The molecule has 0 fully saturated rings. The molecule has 0 radical (unpaired) electrons. The number of hydrogen-bond donors (Lipinski definition) is 1. The summed E-state index contributed by atoms with van der Waals surface area (Å²) in [5.74, 6) is 0. The molecule has 3 rings (SSSR count). The summed E-state index contributed by atoms with van der Waals surface area (Å²) in [6.45, 7) is 0. The van der Waals surface area contributed by atoms with E-state index in [1.165, 1.54) is 11.3 Å². The highest BCUT2D eigenvalue weighted by Gasteiger charge is 2.09. The van der Waals surface area contributed by atoms with Crippen LogP contribution in [0.1, 0.15) is 0 Å². The molecule has 0 aliphatic rings. The van der Waals surface area contributed by atoms with Crippen LogP contribution in [0.3, 0.4) is 0 Å². The highest BCUT2D eigenvalue weighted by molar-refractivity contribution is 9.11. The Labute approximate surface area is 123 Å². The molecule has 0 amide bonds. The molecule has 0 aliphatic carbocycles. The summed E-state index contributed by atoms with van der Waals surface area (Å²) in [7, 11) is 0. The van der Waals surface area contributed by atoms with Crippen LogP contribution >= 0.6 is 43.2 Å². The maximum Gasteiger partial charge on any atom is 0.210 e. The maximum absolute atomic E-state index is 4.30. The molecular formula is C10H5Br2N5S. The fourth-order valence-corrected chi connectivity index (χ4v) is 3.03. The van der Waals surface area contributed by atoms with Gasteiger partial charge in [0, 0.05) is 12.4 Å². The number of nitrogens with zero attached hydrogens (tertiary/aromatic N) is 4. The number of nitrogens with one attached hydrogen (secondary N) is 1. The molecule has 0 bridgehead atoms. The first kappa shape index (κ1) is 11.9. The second-order valence-electron chi connectivity index (χ2n) is 3.34. The Bertz CT molecular complexity index is 714. The van der Waals surface area contributed by atoms with Crippen molar-refractivity contribution in [3.05, 3.63) is 32.9 Å². The van der Waals surface area contributed by atoms with E-state index in [0.29, 0.717) is 5.13 Å². The van der Waals surface area contributed by atoms with Crippen LogP contribution in [-0.4, -0.2) is 20.2 Å². The lowest BCUT2D eigenvalue weighted by atomic mass is 10.2. The Morgan fingerprint density at radius 2 is 1.89 bits per heavy atom. The second kappa shape index (κ2) is 4.87. The molecule has 0 saturated carbocycles. The van der Waals surface area contributed by atoms with Crippen molar-refractivity contribution in [2.45, 2.75) is 0 Å². The quantitative estimate of drug-likeness (QED) is 0.726. The van der Waals surface area contributed by atoms with E-state index in [9.17, 15) is 0 Å². The topological polar surface area (TPSA) is 63.6 Å². The van der Waals surface area contributed by atoms with Gasteiger partial charge in [0.1, 0.15) is 5.52 Å². The number of fused-ring (bicyclic) bond motifs is 1. The Hall–Kier alpha value is -1.12. The molecule has 8 heteroatoms. The SMILES string of the molecule is Brc1nnc(Nc2ccc3nccnc3c2Br)s1. The van der Waals surface area contributed by atoms with Crippen molar-refractivity contribution in [3.8, 4) is 0 Å². The zero-order chi connectivity index (χ0) is 12.5. The van der Waals surface area contributed by atoms with Crippen LogP contribution in [0.4, 0.5) is 10.8 Å². The first-order valence-electron chi connectivity index (χ1n) is 4.89. The predicted molar refractivity (Wildman–Crippen MR) is 78.1 cm³/mol. The van der Waals surface area contributed by atoms with Crippen LogP contribution in [0.25, 0.3) is 11.0 Å². The Morgan fingerprint density at radius 1 is 1.06 bits per heavy atom. The molecule has 0 saturated heterocycles. The van der Waals surface area contributed by atoms with Crippen molar-refractivity contribution in [3.63, 3.8) is 0 Å². The first-order valence-corrected chi connectivity index (χ1v) is 7.29. The molecule has 0 aliphatic heterocycles. The van der Waals surface area contributed by atoms with Gasteiger partial charge in [-0.05, 0) is 44.0 Å². The van der Waals surface area contributed by atoms with E-state index in [2.05, 4.69) is 57.3 Å². The predicted octanol–water partition coefficient (Wildman–Crippen LogP) is 3.75. The van der Waals surface area contributed by atoms with Crippen LogP contribution in [0.5, 0.6) is 0 Å². The van der Waals surface area contributed by atoms with Gasteiger partial charge in [-0.25, -0.2) is 0 Å². The highest BCUT2D eigenvalue weighted by Crippen LogP contribution is 2.32. The van der Waals surface area contributed by atoms with Gasteiger partial charge in [-0.1, -0.05) is 11.3 Å². The minimum atomic E-state index is 0.714. The van der Waals surface area contributed by atoms with Crippen molar-refractivity contribution >= 4 is 65.0 Å². The minimum Gasteiger partial charge on any atom is -0.329 e. The molecule has 0 atom stereocenters. The summed E-state index contributed by atoms with van der Waals surface area (Å²) in [4.78, 5) is 8.54. The molecule has 5 nitrogen and oxygen atoms in total.